The number of aromatic nitrogens is 1. The molecule has 1 aliphatic rings. The molecule has 196 valence electrons. The predicted octanol–water partition coefficient (Wildman–Crippen LogP) is 3.87. The lowest BCUT2D eigenvalue weighted by Gasteiger charge is -2.31. The highest BCUT2D eigenvalue weighted by Crippen LogP contribution is 2.28. The van der Waals surface area contributed by atoms with Crippen LogP contribution in [0.25, 0.3) is 0 Å². The third-order valence-electron chi connectivity index (χ3n) is 6.02. The van der Waals surface area contributed by atoms with E-state index in [0.717, 1.165) is 23.3 Å². The summed E-state index contributed by atoms with van der Waals surface area (Å²) in [5.41, 5.74) is 1.96. The van der Waals surface area contributed by atoms with Crippen LogP contribution in [-0.4, -0.2) is 60.0 Å². The van der Waals surface area contributed by atoms with E-state index in [9.17, 15) is 14.7 Å². The second-order valence-electron chi connectivity index (χ2n) is 9.12. The molecule has 3 rings (SSSR count). The number of hydrogen-bond donors (Lipinski definition) is 2. The maximum absolute atomic E-state index is 13.0. The number of cyclic esters (lactones) is 1. The summed E-state index contributed by atoms with van der Waals surface area (Å²) in [5, 5.41) is 12.9. The summed E-state index contributed by atoms with van der Waals surface area (Å²) < 4.78 is 23.3. The van der Waals surface area contributed by atoms with Gasteiger partial charge in [0.05, 0.1) is 7.11 Å². The zero-order chi connectivity index (χ0) is 26.2. The molecule has 2 heterocycles. The Morgan fingerprint density at radius 2 is 1.94 bits per heavy atom. The summed E-state index contributed by atoms with van der Waals surface area (Å²) >= 11 is 0. The normalized spacial score (nSPS) is 22.5. The van der Waals surface area contributed by atoms with Gasteiger partial charge in [0.25, 0.3) is 5.91 Å². The number of carbonyl (C=O) groups excluding carboxylic acids is 2. The van der Waals surface area contributed by atoms with Crippen molar-refractivity contribution in [2.24, 2.45) is 0 Å². The Hall–Kier alpha value is -3.33. The van der Waals surface area contributed by atoms with E-state index in [1.807, 2.05) is 32.9 Å². The summed E-state index contributed by atoms with van der Waals surface area (Å²) in [4.78, 5) is 29.8. The minimum absolute atomic E-state index is 0.114. The Labute approximate surface area is 212 Å². The number of aromatic hydroxyl groups is 1. The summed E-state index contributed by atoms with van der Waals surface area (Å²) in [5.74, 6) is -0.803. The summed E-state index contributed by atoms with van der Waals surface area (Å²) in [7, 11) is 1.38. The first-order valence-electron chi connectivity index (χ1n) is 12.3. The molecule has 2 aromatic rings. The lowest BCUT2D eigenvalue weighted by Crippen LogP contribution is -2.46. The minimum Gasteiger partial charge on any atom is -0.503 e. The molecular weight excluding hydrogens is 464 g/mol. The molecule has 1 aromatic heterocycles. The third-order valence-corrected chi connectivity index (χ3v) is 6.02. The molecule has 0 radical (unpaired) electrons. The van der Waals surface area contributed by atoms with Crippen molar-refractivity contribution in [2.45, 2.75) is 77.7 Å². The predicted molar refractivity (Wildman–Crippen MR) is 133 cm³/mol. The standard InChI is InChI=1S/C27H36N2O7/c1-6-12-34-25-18(4)35-27(32)20(29-26(31)23-24(30)21(33-5)10-11-28-23)8-7-9-22(25)36-19-14-16(2)13-17(3)15-19/h10-11,13-15,18,20,22,25,30H,6-9,12H2,1-5H3,(H,29,31). The molecule has 1 fully saturated rings. The summed E-state index contributed by atoms with van der Waals surface area (Å²) in [6, 6.07) is 6.55. The maximum atomic E-state index is 13.0. The quantitative estimate of drug-likeness (QED) is 0.525. The Balaban J connectivity index is 1.79. The SMILES string of the molecule is CCCOC1C(C)OC(=O)C(NC(=O)c2nccc(OC)c2O)CCCC1Oc1cc(C)cc(C)c1. The lowest BCUT2D eigenvalue weighted by molar-refractivity contribution is -0.162. The van der Waals surface area contributed by atoms with E-state index in [2.05, 4.69) is 16.4 Å². The topological polar surface area (TPSA) is 116 Å². The van der Waals surface area contributed by atoms with Gasteiger partial charge in [-0.3, -0.25) is 4.79 Å². The molecule has 4 unspecified atom stereocenters. The van der Waals surface area contributed by atoms with Gasteiger partial charge in [0.15, 0.2) is 17.2 Å². The van der Waals surface area contributed by atoms with Crippen LogP contribution >= 0.6 is 0 Å². The van der Waals surface area contributed by atoms with E-state index in [1.165, 1.54) is 19.4 Å². The number of carbonyl (C=O) groups is 2. The van der Waals surface area contributed by atoms with E-state index in [4.69, 9.17) is 18.9 Å². The van der Waals surface area contributed by atoms with Gasteiger partial charge in [0.1, 0.15) is 30.1 Å². The molecule has 1 saturated heterocycles. The van der Waals surface area contributed by atoms with Gasteiger partial charge in [-0.1, -0.05) is 13.0 Å². The van der Waals surface area contributed by atoms with Gasteiger partial charge >= 0.3 is 5.97 Å². The number of nitrogens with one attached hydrogen (secondary N) is 1. The highest BCUT2D eigenvalue weighted by Gasteiger charge is 2.36. The molecular formula is C27H36N2O7. The van der Waals surface area contributed by atoms with Crippen LogP contribution in [0.1, 0.15) is 61.1 Å². The molecule has 0 bridgehead atoms. The van der Waals surface area contributed by atoms with Crippen LogP contribution in [0.5, 0.6) is 17.2 Å². The Morgan fingerprint density at radius 3 is 2.61 bits per heavy atom. The molecule has 2 N–H and O–H groups in total. The smallest absolute Gasteiger partial charge is 0.329 e. The van der Waals surface area contributed by atoms with Gasteiger partial charge in [-0.05, 0) is 69.7 Å². The molecule has 9 heteroatoms. The number of benzene rings is 1. The molecule has 0 spiro atoms. The molecule has 4 atom stereocenters. The molecule has 36 heavy (non-hydrogen) atoms. The highest BCUT2D eigenvalue weighted by molar-refractivity contribution is 5.97. The van der Waals surface area contributed by atoms with Crippen LogP contribution in [0.3, 0.4) is 0 Å². The fourth-order valence-electron chi connectivity index (χ4n) is 4.36. The summed E-state index contributed by atoms with van der Waals surface area (Å²) in [6.07, 6.45) is 2.22. The minimum atomic E-state index is -0.917. The first-order chi connectivity index (χ1) is 17.2. The van der Waals surface area contributed by atoms with E-state index < -0.39 is 35.9 Å². The van der Waals surface area contributed by atoms with Crippen molar-refractivity contribution in [3.8, 4) is 17.2 Å². The Bertz CT molecular complexity index is 1040. The zero-order valence-electron chi connectivity index (χ0n) is 21.6. The van der Waals surface area contributed by atoms with Crippen LogP contribution in [0.4, 0.5) is 0 Å². The summed E-state index contributed by atoms with van der Waals surface area (Å²) in [6.45, 7) is 8.32. The van der Waals surface area contributed by atoms with Crippen LogP contribution < -0.4 is 14.8 Å². The average molecular weight is 501 g/mol. The Morgan fingerprint density at radius 1 is 1.22 bits per heavy atom. The largest absolute Gasteiger partial charge is 0.503 e. The first-order valence-corrected chi connectivity index (χ1v) is 12.3. The van der Waals surface area contributed by atoms with Crippen molar-refractivity contribution < 1.29 is 33.6 Å². The van der Waals surface area contributed by atoms with Crippen molar-refractivity contribution in [1.82, 2.24) is 10.3 Å². The van der Waals surface area contributed by atoms with Gasteiger partial charge < -0.3 is 29.4 Å². The van der Waals surface area contributed by atoms with Crippen molar-refractivity contribution in [3.05, 3.63) is 47.3 Å². The van der Waals surface area contributed by atoms with Gasteiger partial charge in [0, 0.05) is 18.9 Å². The number of methoxy groups -OCH3 is 1. The fraction of sp³-hybridized carbons (Fsp3) is 0.519. The number of amides is 1. The van der Waals surface area contributed by atoms with Crippen LogP contribution in [0.15, 0.2) is 30.5 Å². The number of nitrogens with zero attached hydrogens (tertiary/aromatic N) is 1. The number of ether oxygens (including phenoxy) is 4. The van der Waals surface area contributed by atoms with E-state index >= 15 is 0 Å². The number of esters is 1. The second kappa shape index (κ2) is 12.6. The third kappa shape index (κ3) is 6.87. The second-order valence-corrected chi connectivity index (χ2v) is 9.12. The van der Waals surface area contributed by atoms with Crippen molar-refractivity contribution in [1.29, 1.82) is 0 Å². The van der Waals surface area contributed by atoms with Crippen molar-refractivity contribution in [2.75, 3.05) is 13.7 Å². The molecule has 1 aliphatic heterocycles. The van der Waals surface area contributed by atoms with Crippen molar-refractivity contribution >= 4 is 11.9 Å². The highest BCUT2D eigenvalue weighted by atomic mass is 16.6. The van der Waals surface area contributed by atoms with E-state index in [0.29, 0.717) is 25.9 Å². The number of hydrogen-bond acceptors (Lipinski definition) is 8. The molecule has 9 nitrogen and oxygen atoms in total. The van der Waals surface area contributed by atoms with Crippen LogP contribution in [0.2, 0.25) is 0 Å². The monoisotopic (exact) mass is 500 g/mol. The number of aryl methyl sites for hydroxylation is 2. The van der Waals surface area contributed by atoms with Gasteiger partial charge in [0.2, 0.25) is 0 Å². The molecule has 0 aliphatic carbocycles. The van der Waals surface area contributed by atoms with E-state index in [-0.39, 0.29) is 17.5 Å². The fourth-order valence-corrected chi connectivity index (χ4v) is 4.36. The van der Waals surface area contributed by atoms with Crippen LogP contribution in [0, 0.1) is 13.8 Å². The van der Waals surface area contributed by atoms with Gasteiger partial charge in [-0.2, -0.15) is 0 Å². The zero-order valence-corrected chi connectivity index (χ0v) is 21.6. The average Bonchev–Trinajstić information content (AvgIpc) is 2.86. The molecule has 1 amide bonds. The van der Waals surface area contributed by atoms with Gasteiger partial charge in [-0.25, -0.2) is 9.78 Å². The Kier molecular flexibility index (Phi) is 9.52. The first kappa shape index (κ1) is 27.3. The lowest BCUT2D eigenvalue weighted by atomic mass is 10.0. The maximum Gasteiger partial charge on any atom is 0.329 e. The molecule has 1 aromatic carbocycles. The van der Waals surface area contributed by atoms with E-state index in [1.54, 1.807) is 6.92 Å². The number of pyridine rings is 1. The van der Waals surface area contributed by atoms with Crippen LogP contribution in [-0.2, 0) is 14.3 Å². The van der Waals surface area contributed by atoms with Crippen molar-refractivity contribution in [3.63, 3.8) is 0 Å². The molecule has 0 saturated carbocycles. The number of rotatable bonds is 8. The van der Waals surface area contributed by atoms with Gasteiger partial charge in [-0.15, -0.1) is 0 Å².